The summed E-state index contributed by atoms with van der Waals surface area (Å²) in [4.78, 5) is 0. The molecule has 17 heavy (non-hydrogen) atoms. The lowest BCUT2D eigenvalue weighted by Gasteiger charge is -2.07. The molecule has 90 valence electrons. The molecule has 0 unspecified atom stereocenters. The van der Waals surface area contributed by atoms with Crippen LogP contribution in [0.3, 0.4) is 0 Å². The maximum absolute atomic E-state index is 9.41. The fourth-order valence-electron chi connectivity index (χ4n) is 1.43. The molecule has 0 saturated heterocycles. The average molecular weight is 272 g/mol. The van der Waals surface area contributed by atoms with Crippen LogP contribution in [0.15, 0.2) is 24.5 Å². The molecule has 4 nitrogen and oxygen atoms in total. The number of nitrogens with zero attached hydrogens (tertiary/aromatic N) is 2. The molecule has 0 aliphatic heterocycles. The van der Waals surface area contributed by atoms with Gasteiger partial charge in [-0.2, -0.15) is 5.10 Å². The number of halogens is 2. The molecule has 0 spiro atoms. The van der Waals surface area contributed by atoms with Crippen molar-refractivity contribution >= 4 is 28.9 Å². The van der Waals surface area contributed by atoms with Crippen molar-refractivity contribution < 1.29 is 5.11 Å². The van der Waals surface area contributed by atoms with Crippen molar-refractivity contribution in [2.24, 2.45) is 7.05 Å². The van der Waals surface area contributed by atoms with Gasteiger partial charge in [0.05, 0.1) is 16.2 Å². The summed E-state index contributed by atoms with van der Waals surface area (Å²) in [5.41, 5.74) is 1.80. The van der Waals surface area contributed by atoms with Crippen molar-refractivity contribution in [3.8, 4) is 5.75 Å². The molecule has 0 aliphatic carbocycles. The third kappa shape index (κ3) is 2.84. The van der Waals surface area contributed by atoms with Gasteiger partial charge >= 0.3 is 0 Å². The number of phenolic OH excluding ortho intramolecular Hbond substituents is 1. The highest BCUT2D eigenvalue weighted by atomic mass is 35.5. The molecule has 2 aromatic rings. The number of phenols is 1. The topological polar surface area (TPSA) is 50.1 Å². The highest BCUT2D eigenvalue weighted by molar-refractivity contribution is 6.37. The van der Waals surface area contributed by atoms with Gasteiger partial charge in [-0.25, -0.2) is 0 Å². The molecule has 0 amide bonds. The highest BCUT2D eigenvalue weighted by Gasteiger charge is 2.06. The SMILES string of the molecule is Cn1cc(CNc2cc(Cl)c(O)c(Cl)c2)cn1. The van der Waals surface area contributed by atoms with Gasteiger partial charge in [0.1, 0.15) is 0 Å². The summed E-state index contributed by atoms with van der Waals surface area (Å²) < 4.78 is 1.73. The molecule has 1 heterocycles. The first-order valence-electron chi connectivity index (χ1n) is 4.95. The molecule has 0 saturated carbocycles. The zero-order chi connectivity index (χ0) is 12.4. The van der Waals surface area contributed by atoms with Crippen LogP contribution in [0.2, 0.25) is 10.0 Å². The second-order valence-corrected chi connectivity index (χ2v) is 4.48. The van der Waals surface area contributed by atoms with E-state index < -0.39 is 0 Å². The van der Waals surface area contributed by atoms with E-state index in [9.17, 15) is 5.11 Å². The summed E-state index contributed by atoms with van der Waals surface area (Å²) in [5, 5.41) is 17.1. The number of aromatic nitrogens is 2. The molecule has 0 radical (unpaired) electrons. The normalized spacial score (nSPS) is 10.5. The van der Waals surface area contributed by atoms with Gasteiger partial charge in [0.25, 0.3) is 0 Å². The first kappa shape index (κ1) is 12.1. The Morgan fingerprint density at radius 1 is 1.35 bits per heavy atom. The van der Waals surface area contributed by atoms with E-state index in [0.29, 0.717) is 6.54 Å². The van der Waals surface area contributed by atoms with Crippen molar-refractivity contribution in [3.63, 3.8) is 0 Å². The summed E-state index contributed by atoms with van der Waals surface area (Å²) >= 11 is 11.6. The maximum Gasteiger partial charge on any atom is 0.152 e. The third-order valence-corrected chi connectivity index (χ3v) is 2.85. The lowest BCUT2D eigenvalue weighted by Crippen LogP contribution is -1.98. The van der Waals surface area contributed by atoms with Gasteiger partial charge in [-0.3, -0.25) is 4.68 Å². The third-order valence-electron chi connectivity index (χ3n) is 2.27. The van der Waals surface area contributed by atoms with E-state index in [1.165, 1.54) is 0 Å². The van der Waals surface area contributed by atoms with Crippen LogP contribution in [-0.4, -0.2) is 14.9 Å². The lowest BCUT2D eigenvalue weighted by atomic mass is 10.3. The first-order valence-corrected chi connectivity index (χ1v) is 5.71. The Morgan fingerprint density at radius 3 is 2.53 bits per heavy atom. The summed E-state index contributed by atoms with van der Waals surface area (Å²) in [6.45, 7) is 0.616. The van der Waals surface area contributed by atoms with E-state index in [1.807, 2.05) is 13.2 Å². The molecular weight excluding hydrogens is 261 g/mol. The number of hydrogen-bond acceptors (Lipinski definition) is 3. The monoisotopic (exact) mass is 271 g/mol. The van der Waals surface area contributed by atoms with E-state index in [4.69, 9.17) is 23.2 Å². The summed E-state index contributed by atoms with van der Waals surface area (Å²) in [6.07, 6.45) is 3.69. The van der Waals surface area contributed by atoms with Crippen LogP contribution in [0.4, 0.5) is 5.69 Å². The van der Waals surface area contributed by atoms with Crippen LogP contribution in [0.1, 0.15) is 5.56 Å². The zero-order valence-electron chi connectivity index (χ0n) is 9.11. The number of benzene rings is 1. The Kier molecular flexibility index (Phi) is 3.45. The number of aryl methyl sites for hydroxylation is 1. The number of anilines is 1. The quantitative estimate of drug-likeness (QED) is 0.844. The van der Waals surface area contributed by atoms with Crippen LogP contribution < -0.4 is 5.32 Å². The van der Waals surface area contributed by atoms with Crippen LogP contribution in [-0.2, 0) is 13.6 Å². The fourth-order valence-corrected chi connectivity index (χ4v) is 1.92. The fraction of sp³-hybridized carbons (Fsp3) is 0.182. The van der Waals surface area contributed by atoms with Gasteiger partial charge < -0.3 is 10.4 Å². The summed E-state index contributed by atoms with van der Waals surface area (Å²) in [7, 11) is 1.86. The van der Waals surface area contributed by atoms with Crippen LogP contribution in [0.5, 0.6) is 5.75 Å². The Balaban J connectivity index is 2.09. The number of nitrogens with one attached hydrogen (secondary N) is 1. The van der Waals surface area contributed by atoms with Gasteiger partial charge in [-0.1, -0.05) is 23.2 Å². The molecular formula is C11H11Cl2N3O. The molecule has 1 aromatic carbocycles. The zero-order valence-corrected chi connectivity index (χ0v) is 10.6. The molecule has 0 bridgehead atoms. The number of aromatic hydroxyl groups is 1. The van der Waals surface area contributed by atoms with Gasteiger partial charge in [0, 0.05) is 31.0 Å². The lowest BCUT2D eigenvalue weighted by molar-refractivity contribution is 0.476. The Labute approximate surface area is 109 Å². The summed E-state index contributed by atoms with van der Waals surface area (Å²) in [5.74, 6) is -0.0970. The number of hydrogen-bond donors (Lipinski definition) is 2. The average Bonchev–Trinajstić information content (AvgIpc) is 2.69. The molecule has 0 atom stereocenters. The largest absolute Gasteiger partial charge is 0.505 e. The van der Waals surface area contributed by atoms with Gasteiger partial charge in [0.15, 0.2) is 5.75 Å². The smallest absolute Gasteiger partial charge is 0.152 e. The first-order chi connectivity index (χ1) is 8.06. The van der Waals surface area contributed by atoms with Gasteiger partial charge in [-0.15, -0.1) is 0 Å². The van der Waals surface area contributed by atoms with Gasteiger partial charge in [0.2, 0.25) is 0 Å². The molecule has 0 aliphatic rings. The van der Waals surface area contributed by atoms with E-state index in [2.05, 4.69) is 10.4 Å². The van der Waals surface area contributed by atoms with E-state index in [1.54, 1.807) is 23.0 Å². The highest BCUT2D eigenvalue weighted by Crippen LogP contribution is 2.34. The summed E-state index contributed by atoms with van der Waals surface area (Å²) in [6, 6.07) is 3.25. The van der Waals surface area contributed by atoms with Crippen molar-refractivity contribution in [1.82, 2.24) is 9.78 Å². The van der Waals surface area contributed by atoms with E-state index in [-0.39, 0.29) is 15.8 Å². The molecule has 0 fully saturated rings. The van der Waals surface area contributed by atoms with Crippen LogP contribution in [0, 0.1) is 0 Å². The van der Waals surface area contributed by atoms with Crippen LogP contribution >= 0.6 is 23.2 Å². The van der Waals surface area contributed by atoms with Crippen molar-refractivity contribution in [2.75, 3.05) is 5.32 Å². The predicted molar refractivity (Wildman–Crippen MR) is 68.7 cm³/mol. The standard InChI is InChI=1S/C11H11Cl2N3O/c1-16-6-7(5-15-16)4-14-8-2-9(12)11(17)10(13)3-8/h2-3,5-6,14,17H,4H2,1H3. The predicted octanol–water partition coefficient (Wildman–Crippen LogP) is 3.04. The molecule has 2 rings (SSSR count). The minimum Gasteiger partial charge on any atom is -0.505 e. The Hall–Kier alpha value is -1.39. The molecule has 1 aromatic heterocycles. The molecule has 6 heteroatoms. The van der Waals surface area contributed by atoms with Crippen LogP contribution in [0.25, 0.3) is 0 Å². The van der Waals surface area contributed by atoms with E-state index >= 15 is 0 Å². The van der Waals surface area contributed by atoms with Crippen molar-refractivity contribution in [1.29, 1.82) is 0 Å². The maximum atomic E-state index is 9.41. The van der Waals surface area contributed by atoms with E-state index in [0.717, 1.165) is 11.3 Å². The van der Waals surface area contributed by atoms with Crippen molar-refractivity contribution in [3.05, 3.63) is 40.1 Å². The minimum absolute atomic E-state index is 0.0970. The molecule has 2 N–H and O–H groups in total. The Bertz CT molecular complexity index is 516. The minimum atomic E-state index is -0.0970. The van der Waals surface area contributed by atoms with Crippen molar-refractivity contribution in [2.45, 2.75) is 6.54 Å². The van der Waals surface area contributed by atoms with Gasteiger partial charge in [-0.05, 0) is 12.1 Å². The Morgan fingerprint density at radius 2 is 2.00 bits per heavy atom. The second-order valence-electron chi connectivity index (χ2n) is 3.66. The number of rotatable bonds is 3. The second kappa shape index (κ2) is 4.85.